The molecule has 4 rings (SSSR count). The van der Waals surface area contributed by atoms with Gasteiger partial charge in [0.05, 0.1) is 0 Å². The zero-order valence-corrected chi connectivity index (χ0v) is 20.4. The van der Waals surface area contributed by atoms with E-state index in [0.717, 1.165) is 24.0 Å². The molecule has 0 saturated heterocycles. The van der Waals surface area contributed by atoms with E-state index in [1.54, 1.807) is 6.92 Å². The number of aliphatic carboxylic acids is 1. The van der Waals surface area contributed by atoms with Gasteiger partial charge in [0.2, 0.25) is 5.91 Å². The molecule has 0 spiro atoms. The van der Waals surface area contributed by atoms with Gasteiger partial charge in [-0.25, -0.2) is 9.59 Å². The van der Waals surface area contributed by atoms with E-state index in [-0.39, 0.29) is 30.3 Å². The van der Waals surface area contributed by atoms with E-state index in [4.69, 9.17) is 4.74 Å². The third kappa shape index (κ3) is 5.19. The van der Waals surface area contributed by atoms with Crippen LogP contribution >= 0.6 is 0 Å². The normalized spacial score (nSPS) is 20.4. The van der Waals surface area contributed by atoms with Gasteiger partial charge in [-0.3, -0.25) is 4.79 Å². The quantitative estimate of drug-likeness (QED) is 0.485. The number of carbonyl (C=O) groups excluding carboxylic acids is 2. The molecule has 35 heavy (non-hydrogen) atoms. The van der Waals surface area contributed by atoms with E-state index in [1.807, 2.05) is 31.2 Å². The summed E-state index contributed by atoms with van der Waals surface area (Å²) in [5.74, 6) is -1.65. The Kier molecular flexibility index (Phi) is 7.43. The molecule has 7 heteroatoms. The standard InChI is InChI=1S/C28H34N2O5/c1-3-15-28(2,26(32)33)30-25(31)19-14-8-9-18(19)16-29-27(34)35-17-24-22-12-6-4-10-20(22)21-11-5-7-13-23(21)24/h4-7,10-13,18-19,24H,3,8-9,14-17H2,1-2H3,(H,29,34)(H,30,31)(H,32,33)/t18-,19-,28?/m1/s1. The lowest BCUT2D eigenvalue weighted by Crippen LogP contribution is -2.54. The number of ether oxygens (including phenoxy) is 1. The van der Waals surface area contributed by atoms with Crippen LogP contribution in [0.4, 0.5) is 4.79 Å². The molecule has 0 bridgehead atoms. The first-order chi connectivity index (χ1) is 16.8. The van der Waals surface area contributed by atoms with Crippen LogP contribution in [0, 0.1) is 11.8 Å². The van der Waals surface area contributed by atoms with E-state index >= 15 is 0 Å². The van der Waals surface area contributed by atoms with Crippen molar-refractivity contribution < 1.29 is 24.2 Å². The Hall–Kier alpha value is -3.35. The minimum Gasteiger partial charge on any atom is -0.480 e. The molecule has 0 aromatic heterocycles. The van der Waals surface area contributed by atoms with Crippen LogP contribution in [0.2, 0.25) is 0 Å². The number of benzene rings is 2. The van der Waals surface area contributed by atoms with Crippen molar-refractivity contribution in [1.29, 1.82) is 0 Å². The number of amides is 2. The Morgan fingerprint density at radius 2 is 1.66 bits per heavy atom. The van der Waals surface area contributed by atoms with Gasteiger partial charge in [0.25, 0.3) is 0 Å². The van der Waals surface area contributed by atoms with Crippen molar-refractivity contribution >= 4 is 18.0 Å². The van der Waals surface area contributed by atoms with Crippen LogP contribution in [0.15, 0.2) is 48.5 Å². The van der Waals surface area contributed by atoms with Crippen molar-refractivity contribution in [3.8, 4) is 11.1 Å². The molecular formula is C28H34N2O5. The molecule has 0 aliphatic heterocycles. The number of hydrogen-bond acceptors (Lipinski definition) is 4. The third-order valence-corrected chi connectivity index (χ3v) is 7.47. The zero-order chi connectivity index (χ0) is 25.0. The number of carboxylic acids is 1. The Morgan fingerprint density at radius 1 is 1.03 bits per heavy atom. The molecule has 2 amide bonds. The average molecular weight is 479 g/mol. The SMILES string of the molecule is CCCC(C)(NC(=O)[C@@H]1CCC[C@@H]1CNC(=O)OCC1c2ccccc2-c2ccccc21)C(=O)O. The summed E-state index contributed by atoms with van der Waals surface area (Å²) in [7, 11) is 0. The van der Waals surface area contributed by atoms with E-state index in [1.165, 1.54) is 11.1 Å². The maximum Gasteiger partial charge on any atom is 0.407 e. The molecule has 7 nitrogen and oxygen atoms in total. The lowest BCUT2D eigenvalue weighted by molar-refractivity contribution is -0.148. The number of nitrogens with one attached hydrogen (secondary N) is 2. The fraction of sp³-hybridized carbons (Fsp3) is 0.464. The summed E-state index contributed by atoms with van der Waals surface area (Å²) in [5, 5.41) is 15.2. The second kappa shape index (κ2) is 10.5. The minimum atomic E-state index is -1.28. The van der Waals surface area contributed by atoms with Crippen LogP contribution in [-0.2, 0) is 14.3 Å². The van der Waals surface area contributed by atoms with Crippen molar-refractivity contribution in [2.24, 2.45) is 11.8 Å². The highest BCUT2D eigenvalue weighted by Crippen LogP contribution is 2.44. The number of fused-ring (bicyclic) bond motifs is 3. The molecule has 186 valence electrons. The average Bonchev–Trinajstić information content (AvgIpc) is 3.44. The number of rotatable bonds is 9. The van der Waals surface area contributed by atoms with Crippen LogP contribution in [0.25, 0.3) is 11.1 Å². The van der Waals surface area contributed by atoms with Gasteiger partial charge >= 0.3 is 12.1 Å². The summed E-state index contributed by atoms with van der Waals surface area (Å²) >= 11 is 0. The van der Waals surface area contributed by atoms with E-state index in [9.17, 15) is 19.5 Å². The highest BCUT2D eigenvalue weighted by atomic mass is 16.5. The summed E-state index contributed by atoms with van der Waals surface area (Å²) in [4.78, 5) is 37.2. The molecule has 1 saturated carbocycles. The van der Waals surface area contributed by atoms with Crippen molar-refractivity contribution in [2.75, 3.05) is 13.2 Å². The summed E-state index contributed by atoms with van der Waals surface area (Å²) in [5.41, 5.74) is 3.38. The monoisotopic (exact) mass is 478 g/mol. The molecular weight excluding hydrogens is 444 g/mol. The molecule has 2 aromatic rings. The van der Waals surface area contributed by atoms with Crippen LogP contribution in [0.5, 0.6) is 0 Å². The van der Waals surface area contributed by atoms with Gasteiger partial charge in [-0.2, -0.15) is 0 Å². The fourth-order valence-corrected chi connectivity index (χ4v) is 5.58. The largest absolute Gasteiger partial charge is 0.480 e. The van der Waals surface area contributed by atoms with Gasteiger partial charge in [0, 0.05) is 18.4 Å². The predicted octanol–water partition coefficient (Wildman–Crippen LogP) is 4.70. The minimum absolute atomic E-state index is 0.00887. The number of hydrogen-bond donors (Lipinski definition) is 3. The zero-order valence-electron chi connectivity index (χ0n) is 20.4. The predicted molar refractivity (Wildman–Crippen MR) is 133 cm³/mol. The van der Waals surface area contributed by atoms with Gasteiger partial charge in [-0.05, 0) is 54.4 Å². The van der Waals surface area contributed by atoms with Gasteiger partial charge in [0.1, 0.15) is 12.1 Å². The molecule has 0 heterocycles. The summed E-state index contributed by atoms with van der Waals surface area (Å²) < 4.78 is 5.61. The lowest BCUT2D eigenvalue weighted by Gasteiger charge is -2.29. The molecule has 2 aromatic carbocycles. The fourth-order valence-electron chi connectivity index (χ4n) is 5.58. The molecule has 1 fully saturated rings. The second-order valence-corrected chi connectivity index (χ2v) is 9.88. The highest BCUT2D eigenvalue weighted by Gasteiger charge is 2.39. The highest BCUT2D eigenvalue weighted by molar-refractivity contribution is 5.88. The van der Waals surface area contributed by atoms with Crippen LogP contribution in [0.3, 0.4) is 0 Å². The Morgan fingerprint density at radius 3 is 2.26 bits per heavy atom. The maximum atomic E-state index is 12.9. The van der Waals surface area contributed by atoms with Crippen LogP contribution in [0.1, 0.15) is 63.0 Å². The van der Waals surface area contributed by atoms with Gasteiger partial charge in [0.15, 0.2) is 0 Å². The van der Waals surface area contributed by atoms with Gasteiger partial charge < -0.3 is 20.5 Å². The summed E-state index contributed by atoms with van der Waals surface area (Å²) in [6.07, 6.45) is 2.87. The van der Waals surface area contributed by atoms with Gasteiger partial charge in [-0.15, -0.1) is 0 Å². The van der Waals surface area contributed by atoms with Crippen molar-refractivity contribution in [2.45, 2.75) is 57.4 Å². The Balaban J connectivity index is 1.32. The summed E-state index contributed by atoms with van der Waals surface area (Å²) in [6, 6.07) is 16.4. The first-order valence-electron chi connectivity index (χ1n) is 12.5. The Labute approximate surface area is 206 Å². The van der Waals surface area contributed by atoms with Crippen molar-refractivity contribution in [3.63, 3.8) is 0 Å². The molecule has 2 aliphatic rings. The first kappa shape index (κ1) is 24.8. The second-order valence-electron chi connectivity index (χ2n) is 9.88. The number of alkyl carbamates (subject to hydrolysis) is 1. The number of carbonyl (C=O) groups is 3. The van der Waals surface area contributed by atoms with Crippen LogP contribution in [-0.4, -0.2) is 41.8 Å². The van der Waals surface area contributed by atoms with Crippen molar-refractivity contribution in [1.82, 2.24) is 10.6 Å². The third-order valence-electron chi connectivity index (χ3n) is 7.47. The number of carboxylic acid groups (broad SMARTS) is 1. The van der Waals surface area contributed by atoms with E-state index in [0.29, 0.717) is 25.8 Å². The van der Waals surface area contributed by atoms with Crippen LogP contribution < -0.4 is 10.6 Å². The molecule has 3 N–H and O–H groups in total. The van der Waals surface area contributed by atoms with Gasteiger partial charge in [-0.1, -0.05) is 68.3 Å². The first-order valence-corrected chi connectivity index (χ1v) is 12.5. The smallest absolute Gasteiger partial charge is 0.407 e. The molecule has 1 unspecified atom stereocenters. The topological polar surface area (TPSA) is 105 Å². The Bertz CT molecular complexity index is 1050. The lowest BCUT2D eigenvalue weighted by atomic mass is 9.91. The molecule has 3 atom stereocenters. The van der Waals surface area contributed by atoms with E-state index < -0.39 is 17.6 Å². The maximum absolute atomic E-state index is 12.9. The molecule has 0 radical (unpaired) electrons. The van der Waals surface area contributed by atoms with E-state index in [2.05, 4.69) is 34.9 Å². The summed E-state index contributed by atoms with van der Waals surface area (Å²) in [6.45, 7) is 4.01. The van der Waals surface area contributed by atoms with Crippen molar-refractivity contribution in [3.05, 3.63) is 59.7 Å². The molecule has 2 aliphatic carbocycles.